The van der Waals surface area contributed by atoms with E-state index in [1.807, 2.05) is 0 Å². The van der Waals surface area contributed by atoms with Crippen LogP contribution in [-0.2, 0) is 0 Å². The number of amides is 2. The lowest BCUT2D eigenvalue weighted by atomic mass is 9.86. The molecule has 0 aromatic carbocycles. The molecule has 0 aromatic heterocycles. The standard InChI is InChI=1S/C11H22N2O/c12-11(14)13-9-5-4-8-10-6-2-1-3-7-10/h10H,1-9H2,(H3,12,13,14). The van der Waals surface area contributed by atoms with Gasteiger partial charge in [0.25, 0.3) is 0 Å². The molecule has 1 rings (SSSR count). The van der Waals surface area contributed by atoms with Gasteiger partial charge in [-0.2, -0.15) is 0 Å². The van der Waals surface area contributed by atoms with Gasteiger partial charge >= 0.3 is 6.03 Å². The number of urea groups is 1. The summed E-state index contributed by atoms with van der Waals surface area (Å²) in [5.74, 6) is 0.956. The minimum absolute atomic E-state index is 0.400. The molecule has 1 fully saturated rings. The number of carbonyl (C=O) groups excluding carboxylic acids is 1. The summed E-state index contributed by atoms with van der Waals surface area (Å²) in [6, 6.07) is -0.400. The number of rotatable bonds is 5. The fraction of sp³-hybridized carbons (Fsp3) is 0.909. The maximum Gasteiger partial charge on any atom is 0.312 e. The van der Waals surface area contributed by atoms with E-state index in [0.717, 1.165) is 18.9 Å². The van der Waals surface area contributed by atoms with Crippen molar-refractivity contribution in [2.24, 2.45) is 11.7 Å². The normalized spacial score (nSPS) is 18.0. The zero-order chi connectivity index (χ0) is 10.2. The molecule has 0 aromatic rings. The van der Waals surface area contributed by atoms with Crippen molar-refractivity contribution in [3.63, 3.8) is 0 Å². The second-order valence-corrected chi connectivity index (χ2v) is 4.29. The zero-order valence-electron chi connectivity index (χ0n) is 8.93. The molecule has 14 heavy (non-hydrogen) atoms. The molecule has 0 radical (unpaired) electrons. The monoisotopic (exact) mass is 198 g/mol. The van der Waals surface area contributed by atoms with E-state index in [2.05, 4.69) is 5.32 Å². The van der Waals surface area contributed by atoms with E-state index < -0.39 is 6.03 Å². The summed E-state index contributed by atoms with van der Waals surface area (Å²) >= 11 is 0. The first-order chi connectivity index (χ1) is 6.79. The topological polar surface area (TPSA) is 55.1 Å². The van der Waals surface area contributed by atoms with E-state index >= 15 is 0 Å². The van der Waals surface area contributed by atoms with Crippen molar-refractivity contribution in [1.29, 1.82) is 0 Å². The number of hydrogen-bond acceptors (Lipinski definition) is 1. The summed E-state index contributed by atoms with van der Waals surface area (Å²) in [4.78, 5) is 10.4. The number of nitrogens with two attached hydrogens (primary N) is 1. The second-order valence-electron chi connectivity index (χ2n) is 4.29. The van der Waals surface area contributed by atoms with Crippen molar-refractivity contribution in [3.8, 4) is 0 Å². The molecule has 0 heterocycles. The Kier molecular flexibility index (Phi) is 5.42. The molecule has 0 spiro atoms. The third kappa shape index (κ3) is 5.10. The Bertz CT molecular complexity index is 165. The van der Waals surface area contributed by atoms with Crippen LogP contribution in [-0.4, -0.2) is 12.6 Å². The van der Waals surface area contributed by atoms with Crippen LogP contribution in [0.3, 0.4) is 0 Å². The fourth-order valence-corrected chi connectivity index (χ4v) is 2.25. The molecule has 0 saturated heterocycles. The van der Waals surface area contributed by atoms with Gasteiger partial charge in [0.2, 0.25) is 0 Å². The Labute approximate surface area is 86.4 Å². The summed E-state index contributed by atoms with van der Waals surface area (Å²) in [6.07, 6.45) is 10.7. The predicted octanol–water partition coefficient (Wildman–Crippen LogP) is 2.41. The number of unbranched alkanes of at least 4 members (excludes halogenated alkanes) is 1. The quantitative estimate of drug-likeness (QED) is 0.655. The molecule has 1 aliphatic carbocycles. The van der Waals surface area contributed by atoms with Crippen molar-refractivity contribution < 1.29 is 4.79 Å². The van der Waals surface area contributed by atoms with Gasteiger partial charge < -0.3 is 11.1 Å². The summed E-state index contributed by atoms with van der Waals surface area (Å²) in [5.41, 5.74) is 4.97. The zero-order valence-corrected chi connectivity index (χ0v) is 8.93. The highest BCUT2D eigenvalue weighted by molar-refractivity contribution is 5.71. The van der Waals surface area contributed by atoms with Crippen molar-refractivity contribution >= 4 is 6.03 Å². The van der Waals surface area contributed by atoms with Crippen LogP contribution in [0.5, 0.6) is 0 Å². The average Bonchev–Trinajstić information content (AvgIpc) is 2.18. The van der Waals surface area contributed by atoms with Gasteiger partial charge in [-0.05, 0) is 12.3 Å². The molecular weight excluding hydrogens is 176 g/mol. The number of nitrogens with one attached hydrogen (secondary N) is 1. The van der Waals surface area contributed by atoms with Crippen LogP contribution in [0.15, 0.2) is 0 Å². The lowest BCUT2D eigenvalue weighted by Crippen LogP contribution is -2.30. The maximum atomic E-state index is 10.4. The number of primary amides is 1. The maximum absolute atomic E-state index is 10.4. The Balaban J connectivity index is 1.90. The van der Waals surface area contributed by atoms with Gasteiger partial charge in [-0.1, -0.05) is 44.9 Å². The Morgan fingerprint density at radius 1 is 1.21 bits per heavy atom. The van der Waals surface area contributed by atoms with E-state index in [1.54, 1.807) is 0 Å². The molecule has 1 aliphatic rings. The highest BCUT2D eigenvalue weighted by Crippen LogP contribution is 2.27. The molecule has 3 nitrogen and oxygen atoms in total. The van der Waals surface area contributed by atoms with Gasteiger partial charge in [-0.15, -0.1) is 0 Å². The van der Waals surface area contributed by atoms with Crippen molar-refractivity contribution in [1.82, 2.24) is 5.32 Å². The molecule has 3 N–H and O–H groups in total. The van der Waals surface area contributed by atoms with Gasteiger partial charge in [-0.3, -0.25) is 0 Å². The number of carbonyl (C=O) groups is 1. The van der Waals surface area contributed by atoms with Crippen LogP contribution in [0.1, 0.15) is 51.4 Å². The minimum Gasteiger partial charge on any atom is -0.352 e. The van der Waals surface area contributed by atoms with Crippen LogP contribution >= 0.6 is 0 Å². The van der Waals surface area contributed by atoms with Crippen molar-refractivity contribution in [2.45, 2.75) is 51.4 Å². The van der Waals surface area contributed by atoms with E-state index in [4.69, 9.17) is 5.73 Å². The van der Waals surface area contributed by atoms with Crippen molar-refractivity contribution in [3.05, 3.63) is 0 Å². The molecule has 2 amide bonds. The van der Waals surface area contributed by atoms with E-state index in [9.17, 15) is 4.79 Å². The SMILES string of the molecule is NC(=O)NCCCCC1CCCCC1. The Hall–Kier alpha value is -0.730. The highest BCUT2D eigenvalue weighted by Gasteiger charge is 2.12. The minimum atomic E-state index is -0.400. The summed E-state index contributed by atoms with van der Waals surface area (Å²) in [6.45, 7) is 0.738. The lowest BCUT2D eigenvalue weighted by molar-refractivity contribution is 0.248. The summed E-state index contributed by atoms with van der Waals surface area (Å²) in [5, 5.41) is 2.62. The van der Waals surface area contributed by atoms with Gasteiger partial charge in [0, 0.05) is 6.54 Å². The van der Waals surface area contributed by atoms with Crippen LogP contribution < -0.4 is 11.1 Å². The molecule has 0 unspecified atom stereocenters. The van der Waals surface area contributed by atoms with Crippen LogP contribution in [0.25, 0.3) is 0 Å². The van der Waals surface area contributed by atoms with Gasteiger partial charge in [0.15, 0.2) is 0 Å². The van der Waals surface area contributed by atoms with E-state index in [1.165, 1.54) is 44.9 Å². The fourth-order valence-electron chi connectivity index (χ4n) is 2.25. The molecule has 1 saturated carbocycles. The van der Waals surface area contributed by atoms with E-state index in [0.29, 0.717) is 0 Å². The van der Waals surface area contributed by atoms with Gasteiger partial charge in [0.1, 0.15) is 0 Å². The first kappa shape index (κ1) is 11.3. The molecule has 0 aliphatic heterocycles. The van der Waals surface area contributed by atoms with E-state index in [-0.39, 0.29) is 0 Å². The third-order valence-corrected chi connectivity index (χ3v) is 3.06. The molecule has 0 atom stereocenters. The number of hydrogen-bond donors (Lipinski definition) is 2. The van der Waals surface area contributed by atoms with Crippen LogP contribution in [0, 0.1) is 5.92 Å². The predicted molar refractivity (Wildman–Crippen MR) is 58.0 cm³/mol. The summed E-state index contributed by atoms with van der Waals surface area (Å²) < 4.78 is 0. The van der Waals surface area contributed by atoms with Crippen LogP contribution in [0.4, 0.5) is 4.79 Å². The first-order valence-electron chi connectivity index (χ1n) is 5.82. The van der Waals surface area contributed by atoms with Crippen LogP contribution in [0.2, 0.25) is 0 Å². The molecule has 3 heteroatoms. The molecule has 82 valence electrons. The first-order valence-corrected chi connectivity index (χ1v) is 5.82. The summed E-state index contributed by atoms with van der Waals surface area (Å²) in [7, 11) is 0. The second kappa shape index (κ2) is 6.68. The van der Waals surface area contributed by atoms with Crippen molar-refractivity contribution in [2.75, 3.05) is 6.54 Å². The molecule has 0 bridgehead atoms. The third-order valence-electron chi connectivity index (χ3n) is 3.06. The Morgan fingerprint density at radius 2 is 1.93 bits per heavy atom. The van der Waals surface area contributed by atoms with Gasteiger partial charge in [0.05, 0.1) is 0 Å². The highest BCUT2D eigenvalue weighted by atomic mass is 16.2. The lowest BCUT2D eigenvalue weighted by Gasteiger charge is -2.21. The van der Waals surface area contributed by atoms with Gasteiger partial charge in [-0.25, -0.2) is 4.79 Å². The average molecular weight is 198 g/mol. The largest absolute Gasteiger partial charge is 0.352 e. The molecular formula is C11H22N2O. The Morgan fingerprint density at radius 3 is 2.57 bits per heavy atom. The smallest absolute Gasteiger partial charge is 0.312 e.